The van der Waals surface area contributed by atoms with Crippen LogP contribution in [-0.4, -0.2) is 14.6 Å². The van der Waals surface area contributed by atoms with Crippen molar-refractivity contribution < 1.29 is 0 Å². The number of aryl methyl sites for hydroxylation is 2. The second-order valence-electron chi connectivity index (χ2n) is 6.90. The minimum absolute atomic E-state index is 0.265. The molecule has 2 aromatic carbocycles. The molecule has 0 unspecified atom stereocenters. The molecular weight excluding hydrogens is 344 g/mol. The van der Waals surface area contributed by atoms with Gasteiger partial charge in [-0.05, 0) is 49.4 Å². The summed E-state index contributed by atoms with van der Waals surface area (Å²) in [5.41, 5.74) is 5.32. The molecule has 0 aliphatic heterocycles. The standard InChI is InChI=1S/C21H19ClN4/c1-13-19(22)21-24-20(16-10-4-5-12-18(16)26(21)25-13)23-17-11-6-8-14-7-2-3-9-15(14)17/h2-5,7,9-10,12,17H,6,8,11H2,1H3,(H,23,24)/t17-/m1/s1. The molecule has 0 saturated heterocycles. The van der Waals surface area contributed by atoms with Gasteiger partial charge in [-0.15, -0.1) is 0 Å². The highest BCUT2D eigenvalue weighted by Gasteiger charge is 2.22. The summed E-state index contributed by atoms with van der Waals surface area (Å²) in [4.78, 5) is 4.85. The quantitative estimate of drug-likeness (QED) is 0.523. The summed E-state index contributed by atoms with van der Waals surface area (Å²) in [5.74, 6) is 0.872. The summed E-state index contributed by atoms with van der Waals surface area (Å²) in [5, 5.41) is 9.93. The van der Waals surface area contributed by atoms with Crippen molar-refractivity contribution in [1.29, 1.82) is 0 Å². The first-order chi connectivity index (χ1) is 12.7. The number of rotatable bonds is 2. The average molecular weight is 363 g/mol. The molecule has 2 aromatic heterocycles. The number of halogens is 1. The van der Waals surface area contributed by atoms with E-state index in [1.807, 2.05) is 23.6 Å². The van der Waals surface area contributed by atoms with Crippen LogP contribution in [0, 0.1) is 6.92 Å². The van der Waals surface area contributed by atoms with E-state index in [9.17, 15) is 0 Å². The van der Waals surface area contributed by atoms with Gasteiger partial charge in [-0.25, -0.2) is 9.50 Å². The zero-order chi connectivity index (χ0) is 17.7. The maximum absolute atomic E-state index is 6.46. The zero-order valence-corrected chi connectivity index (χ0v) is 15.3. The zero-order valence-electron chi connectivity index (χ0n) is 14.5. The van der Waals surface area contributed by atoms with Crippen LogP contribution in [0.5, 0.6) is 0 Å². The van der Waals surface area contributed by atoms with Crippen molar-refractivity contribution in [3.63, 3.8) is 0 Å². The monoisotopic (exact) mass is 362 g/mol. The molecule has 0 amide bonds. The van der Waals surface area contributed by atoms with Gasteiger partial charge in [0.2, 0.25) is 0 Å². The van der Waals surface area contributed by atoms with Gasteiger partial charge in [-0.3, -0.25) is 0 Å². The molecule has 0 radical (unpaired) electrons. The van der Waals surface area contributed by atoms with Crippen molar-refractivity contribution in [2.75, 3.05) is 5.32 Å². The van der Waals surface area contributed by atoms with E-state index >= 15 is 0 Å². The van der Waals surface area contributed by atoms with Crippen molar-refractivity contribution in [3.05, 3.63) is 70.4 Å². The van der Waals surface area contributed by atoms with E-state index in [-0.39, 0.29) is 6.04 Å². The Balaban J connectivity index is 1.68. The highest BCUT2D eigenvalue weighted by Crippen LogP contribution is 2.35. The van der Waals surface area contributed by atoms with Crippen LogP contribution >= 0.6 is 11.6 Å². The maximum Gasteiger partial charge on any atom is 0.176 e. The molecule has 1 N–H and O–H groups in total. The summed E-state index contributed by atoms with van der Waals surface area (Å²) in [6.45, 7) is 1.91. The molecule has 2 heterocycles. The average Bonchev–Trinajstić information content (AvgIpc) is 2.97. The molecule has 26 heavy (non-hydrogen) atoms. The molecule has 5 rings (SSSR count). The lowest BCUT2D eigenvalue weighted by atomic mass is 9.88. The van der Waals surface area contributed by atoms with E-state index in [0.29, 0.717) is 10.7 Å². The summed E-state index contributed by atoms with van der Waals surface area (Å²) in [6.07, 6.45) is 3.43. The number of aromatic nitrogens is 3. The number of fused-ring (bicyclic) bond motifs is 4. The molecule has 5 heteroatoms. The van der Waals surface area contributed by atoms with Crippen LogP contribution in [0.15, 0.2) is 48.5 Å². The van der Waals surface area contributed by atoms with Gasteiger partial charge in [0, 0.05) is 5.39 Å². The normalized spacial score (nSPS) is 16.8. The lowest BCUT2D eigenvalue weighted by molar-refractivity contribution is 0.599. The van der Waals surface area contributed by atoms with E-state index in [1.54, 1.807) is 0 Å². The highest BCUT2D eigenvalue weighted by atomic mass is 35.5. The summed E-state index contributed by atoms with van der Waals surface area (Å²) in [7, 11) is 0. The van der Waals surface area contributed by atoms with Gasteiger partial charge >= 0.3 is 0 Å². The summed E-state index contributed by atoms with van der Waals surface area (Å²) in [6, 6.07) is 17.2. The number of nitrogens with zero attached hydrogens (tertiary/aromatic N) is 3. The van der Waals surface area contributed by atoms with E-state index in [0.717, 1.165) is 35.3 Å². The second kappa shape index (κ2) is 5.99. The predicted octanol–water partition coefficient (Wildman–Crippen LogP) is 5.33. The SMILES string of the molecule is Cc1nn2c(nc(N[C@@H]3CCCc4ccccc43)c3ccccc32)c1Cl. The van der Waals surface area contributed by atoms with Crippen LogP contribution in [-0.2, 0) is 6.42 Å². The van der Waals surface area contributed by atoms with Gasteiger partial charge in [0.25, 0.3) is 0 Å². The van der Waals surface area contributed by atoms with Crippen LogP contribution in [0.1, 0.15) is 35.7 Å². The van der Waals surface area contributed by atoms with Crippen molar-refractivity contribution in [1.82, 2.24) is 14.6 Å². The number of para-hydroxylation sites is 1. The van der Waals surface area contributed by atoms with Crippen LogP contribution in [0.3, 0.4) is 0 Å². The molecule has 0 bridgehead atoms. The maximum atomic E-state index is 6.46. The van der Waals surface area contributed by atoms with Crippen LogP contribution in [0.25, 0.3) is 16.6 Å². The van der Waals surface area contributed by atoms with Gasteiger partial charge in [-0.1, -0.05) is 48.0 Å². The van der Waals surface area contributed by atoms with Crippen molar-refractivity contribution in [2.24, 2.45) is 0 Å². The van der Waals surface area contributed by atoms with E-state index < -0.39 is 0 Å². The fourth-order valence-electron chi connectivity index (χ4n) is 3.96. The summed E-state index contributed by atoms with van der Waals surface area (Å²) >= 11 is 6.46. The Morgan fingerprint density at radius 2 is 1.92 bits per heavy atom. The molecule has 4 aromatic rings. The molecule has 130 valence electrons. The van der Waals surface area contributed by atoms with Gasteiger partial charge in [0.15, 0.2) is 5.65 Å². The molecular formula is C21H19ClN4. The molecule has 1 aliphatic carbocycles. The minimum atomic E-state index is 0.265. The minimum Gasteiger partial charge on any atom is -0.363 e. The van der Waals surface area contributed by atoms with Crippen LogP contribution < -0.4 is 5.32 Å². The Bertz CT molecular complexity index is 1130. The topological polar surface area (TPSA) is 42.2 Å². The lowest BCUT2D eigenvalue weighted by Gasteiger charge is -2.27. The van der Waals surface area contributed by atoms with Gasteiger partial charge in [0.1, 0.15) is 10.8 Å². The van der Waals surface area contributed by atoms with Crippen molar-refractivity contribution in [2.45, 2.75) is 32.2 Å². The third-order valence-electron chi connectivity index (χ3n) is 5.25. The number of nitrogens with one attached hydrogen (secondary N) is 1. The first-order valence-electron chi connectivity index (χ1n) is 9.00. The van der Waals surface area contributed by atoms with Gasteiger partial charge in [-0.2, -0.15) is 5.10 Å². The van der Waals surface area contributed by atoms with Crippen LogP contribution in [0.4, 0.5) is 5.82 Å². The molecule has 1 aliphatic rings. The second-order valence-corrected chi connectivity index (χ2v) is 7.28. The van der Waals surface area contributed by atoms with Gasteiger partial charge < -0.3 is 5.32 Å². The molecule has 0 spiro atoms. The third kappa shape index (κ3) is 2.36. The van der Waals surface area contributed by atoms with Crippen molar-refractivity contribution in [3.8, 4) is 0 Å². The Kier molecular flexibility index (Phi) is 3.61. The first kappa shape index (κ1) is 15.6. The fourth-order valence-corrected chi connectivity index (χ4v) is 4.12. The largest absolute Gasteiger partial charge is 0.363 e. The number of hydrogen-bond donors (Lipinski definition) is 1. The molecule has 0 saturated carbocycles. The Morgan fingerprint density at radius 1 is 1.12 bits per heavy atom. The lowest BCUT2D eigenvalue weighted by Crippen LogP contribution is -2.18. The number of anilines is 1. The smallest absolute Gasteiger partial charge is 0.176 e. The highest BCUT2D eigenvalue weighted by molar-refractivity contribution is 6.34. The Labute approximate surface area is 156 Å². The molecule has 1 atom stereocenters. The molecule has 0 fully saturated rings. The van der Waals surface area contributed by atoms with Crippen molar-refractivity contribution >= 4 is 34.0 Å². The van der Waals surface area contributed by atoms with E-state index in [2.05, 4.69) is 46.8 Å². The van der Waals surface area contributed by atoms with Gasteiger partial charge in [0.05, 0.1) is 17.3 Å². The summed E-state index contributed by atoms with van der Waals surface area (Å²) < 4.78 is 1.84. The predicted molar refractivity (Wildman–Crippen MR) is 106 cm³/mol. The first-order valence-corrected chi connectivity index (χ1v) is 9.38. The fraction of sp³-hybridized carbons (Fsp3) is 0.238. The number of hydrogen-bond acceptors (Lipinski definition) is 3. The van der Waals surface area contributed by atoms with E-state index in [1.165, 1.54) is 17.5 Å². The third-order valence-corrected chi connectivity index (χ3v) is 5.69. The van der Waals surface area contributed by atoms with Crippen LogP contribution in [0.2, 0.25) is 5.02 Å². The Hall–Kier alpha value is -2.59. The molecule has 4 nitrogen and oxygen atoms in total. The van der Waals surface area contributed by atoms with E-state index in [4.69, 9.17) is 16.6 Å². The number of benzene rings is 2. The Morgan fingerprint density at radius 3 is 2.85 bits per heavy atom.